The summed E-state index contributed by atoms with van der Waals surface area (Å²) in [6.07, 6.45) is 0.806. The number of aryl methyl sites for hydroxylation is 2. The molecule has 5 heteroatoms. The highest BCUT2D eigenvalue weighted by atomic mass is 35.5. The van der Waals surface area contributed by atoms with E-state index in [2.05, 4.69) is 5.32 Å². The fraction of sp³-hybridized carbons (Fsp3) is 0.188. The molecule has 1 amide bonds. The molecule has 0 aromatic heterocycles. The molecule has 0 heterocycles. The Morgan fingerprint density at radius 1 is 1.29 bits per heavy atom. The van der Waals surface area contributed by atoms with Gasteiger partial charge in [0.2, 0.25) is 5.91 Å². The normalized spacial score (nSPS) is 10.4. The van der Waals surface area contributed by atoms with Crippen molar-refractivity contribution >= 4 is 23.2 Å². The Hall–Kier alpha value is -2.07. The Kier molecular flexibility index (Phi) is 4.81. The summed E-state index contributed by atoms with van der Waals surface area (Å²) in [4.78, 5) is 11.8. The Bertz CT molecular complexity index is 656. The summed E-state index contributed by atoms with van der Waals surface area (Å²) in [6, 6.07) is 9.94. The van der Waals surface area contributed by atoms with Gasteiger partial charge in [0.1, 0.15) is 11.6 Å². The van der Waals surface area contributed by atoms with Crippen molar-refractivity contribution in [2.45, 2.75) is 19.8 Å². The van der Waals surface area contributed by atoms with E-state index in [1.165, 1.54) is 6.07 Å². The third-order valence-electron chi connectivity index (χ3n) is 3.07. The average molecular weight is 308 g/mol. The maximum atomic E-state index is 13.6. The van der Waals surface area contributed by atoms with Gasteiger partial charge in [-0.1, -0.05) is 41.4 Å². The first-order valence-corrected chi connectivity index (χ1v) is 6.87. The first kappa shape index (κ1) is 15.3. The van der Waals surface area contributed by atoms with Crippen molar-refractivity contribution in [3.05, 3.63) is 58.4 Å². The van der Waals surface area contributed by atoms with Gasteiger partial charge in [-0.2, -0.15) is 0 Å². The van der Waals surface area contributed by atoms with E-state index in [4.69, 9.17) is 11.6 Å². The molecule has 21 heavy (non-hydrogen) atoms. The van der Waals surface area contributed by atoms with E-state index < -0.39 is 5.82 Å². The highest BCUT2D eigenvalue weighted by Crippen LogP contribution is 2.29. The molecule has 2 N–H and O–H groups in total. The Balaban J connectivity index is 1.96. The number of nitrogens with one attached hydrogen (secondary N) is 1. The number of carbonyl (C=O) groups excluding carboxylic acids is 1. The van der Waals surface area contributed by atoms with E-state index in [1.54, 1.807) is 0 Å². The summed E-state index contributed by atoms with van der Waals surface area (Å²) in [5.41, 5.74) is 2.16. The van der Waals surface area contributed by atoms with Crippen LogP contribution >= 0.6 is 11.6 Å². The number of hydrogen-bond donors (Lipinski definition) is 2. The Morgan fingerprint density at radius 2 is 1.95 bits per heavy atom. The van der Waals surface area contributed by atoms with Crippen LogP contribution in [0.1, 0.15) is 17.5 Å². The maximum Gasteiger partial charge on any atom is 0.224 e. The van der Waals surface area contributed by atoms with Crippen molar-refractivity contribution in [2.24, 2.45) is 0 Å². The number of carbonyl (C=O) groups is 1. The fourth-order valence-corrected chi connectivity index (χ4v) is 2.02. The molecule has 0 aliphatic rings. The van der Waals surface area contributed by atoms with Crippen LogP contribution in [-0.4, -0.2) is 11.0 Å². The summed E-state index contributed by atoms with van der Waals surface area (Å²) >= 11 is 5.69. The lowest BCUT2D eigenvalue weighted by Crippen LogP contribution is -2.13. The molecule has 0 atom stereocenters. The van der Waals surface area contributed by atoms with Crippen LogP contribution in [0.15, 0.2) is 36.4 Å². The van der Waals surface area contributed by atoms with Gasteiger partial charge in [-0.3, -0.25) is 4.79 Å². The lowest BCUT2D eigenvalue weighted by atomic mass is 10.1. The standard InChI is InChI=1S/C16H15ClFNO2/c1-10-2-4-11(5-3-10)6-7-16(21)19-14-8-12(17)15(20)9-13(14)18/h2-5,8-9,20H,6-7H2,1H3,(H,19,21). The molecule has 2 aromatic rings. The van der Waals surface area contributed by atoms with E-state index in [-0.39, 0.29) is 28.8 Å². The van der Waals surface area contributed by atoms with Crippen LogP contribution in [0.4, 0.5) is 10.1 Å². The molecule has 0 fully saturated rings. The van der Waals surface area contributed by atoms with Crippen LogP contribution in [0.2, 0.25) is 5.02 Å². The molecule has 3 nitrogen and oxygen atoms in total. The predicted octanol–water partition coefficient (Wildman–Crippen LogP) is 4.06. The van der Waals surface area contributed by atoms with Crippen LogP contribution in [0.5, 0.6) is 5.75 Å². The van der Waals surface area contributed by atoms with Crippen LogP contribution in [0.25, 0.3) is 0 Å². The van der Waals surface area contributed by atoms with Gasteiger partial charge >= 0.3 is 0 Å². The largest absolute Gasteiger partial charge is 0.506 e. The van der Waals surface area contributed by atoms with Crippen molar-refractivity contribution in [1.29, 1.82) is 0 Å². The molecular weight excluding hydrogens is 293 g/mol. The van der Waals surface area contributed by atoms with Crippen molar-refractivity contribution in [1.82, 2.24) is 0 Å². The van der Waals surface area contributed by atoms with Gasteiger partial charge < -0.3 is 10.4 Å². The molecule has 2 rings (SSSR count). The third kappa shape index (κ3) is 4.20. The zero-order chi connectivity index (χ0) is 15.4. The quantitative estimate of drug-likeness (QED) is 0.837. The van der Waals surface area contributed by atoms with Crippen LogP contribution in [0, 0.1) is 12.7 Å². The second-order valence-electron chi connectivity index (χ2n) is 4.82. The second-order valence-corrected chi connectivity index (χ2v) is 5.22. The molecular formula is C16H15ClFNO2. The van der Waals surface area contributed by atoms with Gasteiger partial charge in [0.15, 0.2) is 0 Å². The summed E-state index contributed by atoms with van der Waals surface area (Å²) in [6.45, 7) is 1.99. The molecule has 0 aliphatic heterocycles. The second kappa shape index (κ2) is 6.59. The molecule has 0 aliphatic carbocycles. The predicted molar refractivity (Wildman–Crippen MR) is 81.2 cm³/mol. The smallest absolute Gasteiger partial charge is 0.224 e. The van der Waals surface area contributed by atoms with E-state index in [0.717, 1.165) is 17.2 Å². The summed E-state index contributed by atoms with van der Waals surface area (Å²) in [7, 11) is 0. The van der Waals surface area contributed by atoms with Gasteiger partial charge in [-0.15, -0.1) is 0 Å². The van der Waals surface area contributed by atoms with E-state index in [1.807, 2.05) is 31.2 Å². The maximum absolute atomic E-state index is 13.6. The number of amides is 1. The van der Waals surface area contributed by atoms with Gasteiger partial charge in [-0.25, -0.2) is 4.39 Å². The summed E-state index contributed by atoms with van der Waals surface area (Å²) in [5, 5.41) is 11.7. The van der Waals surface area contributed by atoms with E-state index >= 15 is 0 Å². The number of halogens is 2. The SMILES string of the molecule is Cc1ccc(CCC(=O)Nc2cc(Cl)c(O)cc2F)cc1. The Labute approximate surface area is 127 Å². The molecule has 110 valence electrons. The molecule has 2 aromatic carbocycles. The molecule has 0 radical (unpaired) electrons. The van der Waals surface area contributed by atoms with Gasteiger partial charge in [0.05, 0.1) is 10.7 Å². The first-order valence-electron chi connectivity index (χ1n) is 6.49. The number of phenols is 1. The highest BCUT2D eigenvalue weighted by molar-refractivity contribution is 6.32. The van der Waals surface area contributed by atoms with Gasteiger partial charge in [0, 0.05) is 12.5 Å². The van der Waals surface area contributed by atoms with Crippen molar-refractivity contribution in [2.75, 3.05) is 5.32 Å². The molecule has 0 saturated heterocycles. The molecule has 0 unspecified atom stereocenters. The lowest BCUT2D eigenvalue weighted by molar-refractivity contribution is -0.116. The highest BCUT2D eigenvalue weighted by Gasteiger charge is 2.11. The monoisotopic (exact) mass is 307 g/mol. The zero-order valence-electron chi connectivity index (χ0n) is 11.5. The number of anilines is 1. The van der Waals surface area contributed by atoms with E-state index in [9.17, 15) is 14.3 Å². The number of hydrogen-bond acceptors (Lipinski definition) is 2. The minimum Gasteiger partial charge on any atom is -0.506 e. The summed E-state index contributed by atoms with van der Waals surface area (Å²) < 4.78 is 13.6. The fourth-order valence-electron chi connectivity index (χ4n) is 1.86. The molecule has 0 spiro atoms. The average Bonchev–Trinajstić information content (AvgIpc) is 2.44. The topological polar surface area (TPSA) is 49.3 Å². The Morgan fingerprint density at radius 3 is 2.62 bits per heavy atom. The number of aromatic hydroxyl groups is 1. The number of benzene rings is 2. The van der Waals surface area contributed by atoms with E-state index in [0.29, 0.717) is 6.42 Å². The number of phenolic OH excluding ortho intramolecular Hbond substituents is 1. The molecule has 0 bridgehead atoms. The lowest BCUT2D eigenvalue weighted by Gasteiger charge is -2.08. The first-order chi connectivity index (χ1) is 9.95. The van der Waals surface area contributed by atoms with Crippen LogP contribution < -0.4 is 5.32 Å². The van der Waals surface area contributed by atoms with Gasteiger partial charge in [0.25, 0.3) is 0 Å². The minimum atomic E-state index is -0.722. The summed E-state index contributed by atoms with van der Waals surface area (Å²) in [5.74, 6) is -1.39. The third-order valence-corrected chi connectivity index (χ3v) is 3.37. The van der Waals surface area contributed by atoms with Crippen LogP contribution in [-0.2, 0) is 11.2 Å². The van der Waals surface area contributed by atoms with Crippen LogP contribution in [0.3, 0.4) is 0 Å². The van der Waals surface area contributed by atoms with Gasteiger partial charge in [-0.05, 0) is 25.0 Å². The minimum absolute atomic E-state index is 0.00904. The number of rotatable bonds is 4. The van der Waals surface area contributed by atoms with Crippen molar-refractivity contribution in [3.8, 4) is 5.75 Å². The van der Waals surface area contributed by atoms with Crippen molar-refractivity contribution in [3.63, 3.8) is 0 Å². The van der Waals surface area contributed by atoms with Crippen molar-refractivity contribution < 1.29 is 14.3 Å². The zero-order valence-corrected chi connectivity index (χ0v) is 12.2. The molecule has 0 saturated carbocycles.